The Morgan fingerprint density at radius 1 is 1.44 bits per heavy atom. The van der Waals surface area contributed by atoms with Crippen molar-refractivity contribution in [3.8, 4) is 6.07 Å². The molecule has 6 heteroatoms. The Bertz CT molecular complexity index is 560. The zero-order valence-electron chi connectivity index (χ0n) is 8.98. The molecular weight excluding hydrogens is 317 g/mol. The van der Waals surface area contributed by atoms with E-state index in [9.17, 15) is 0 Å². The van der Waals surface area contributed by atoms with Crippen LogP contribution in [0.2, 0.25) is 0 Å². The predicted molar refractivity (Wildman–Crippen MR) is 66.7 cm³/mol. The topological polar surface area (TPSA) is 59.4 Å². The molecule has 0 amide bonds. The van der Waals surface area contributed by atoms with Gasteiger partial charge >= 0.3 is 0 Å². The van der Waals surface area contributed by atoms with Crippen molar-refractivity contribution in [1.82, 2.24) is 19.6 Å². The first-order chi connectivity index (χ1) is 7.60. The summed E-state index contributed by atoms with van der Waals surface area (Å²) >= 11 is 2.20. The van der Waals surface area contributed by atoms with E-state index in [1.807, 2.05) is 19.3 Å². The van der Waals surface area contributed by atoms with E-state index >= 15 is 0 Å². The van der Waals surface area contributed by atoms with E-state index in [1.165, 1.54) is 0 Å². The lowest BCUT2D eigenvalue weighted by molar-refractivity contribution is 0.739. The maximum Gasteiger partial charge on any atom is 0.138 e. The van der Waals surface area contributed by atoms with Crippen LogP contribution in [0.1, 0.15) is 17.0 Å². The Balaban J connectivity index is 2.27. The lowest BCUT2D eigenvalue weighted by atomic mass is 10.2. The molecule has 0 N–H and O–H groups in total. The van der Waals surface area contributed by atoms with Crippen molar-refractivity contribution in [3.63, 3.8) is 0 Å². The van der Waals surface area contributed by atoms with Gasteiger partial charge in [-0.15, -0.1) is 0 Å². The van der Waals surface area contributed by atoms with Crippen LogP contribution in [0, 0.1) is 15.0 Å². The van der Waals surface area contributed by atoms with Crippen molar-refractivity contribution in [2.45, 2.75) is 6.42 Å². The summed E-state index contributed by atoms with van der Waals surface area (Å²) in [6, 6.07) is 3.91. The number of hydrogen-bond acceptors (Lipinski definition) is 3. The smallest absolute Gasteiger partial charge is 0.138 e. The molecule has 0 saturated heterocycles. The summed E-state index contributed by atoms with van der Waals surface area (Å²) in [6.07, 6.45) is 2.68. The minimum Gasteiger partial charge on any atom is -0.274 e. The van der Waals surface area contributed by atoms with Crippen molar-refractivity contribution >= 4 is 22.6 Å². The maximum atomic E-state index is 8.83. The van der Waals surface area contributed by atoms with Crippen molar-refractivity contribution in [3.05, 3.63) is 32.9 Å². The SMILES string of the molecule is Cn1cc(Cc2cc(C#N)n(C)n2)c(I)n1. The maximum absolute atomic E-state index is 8.83. The molecule has 0 aliphatic rings. The first-order valence-electron chi connectivity index (χ1n) is 4.71. The van der Waals surface area contributed by atoms with E-state index in [1.54, 1.807) is 16.4 Å². The van der Waals surface area contributed by atoms with E-state index in [2.05, 4.69) is 38.9 Å². The molecule has 0 saturated carbocycles. The van der Waals surface area contributed by atoms with Gasteiger partial charge in [-0.2, -0.15) is 15.5 Å². The van der Waals surface area contributed by atoms with Gasteiger partial charge in [0.05, 0.1) is 5.69 Å². The van der Waals surface area contributed by atoms with Crippen LogP contribution in [0.4, 0.5) is 0 Å². The fraction of sp³-hybridized carbons (Fsp3) is 0.300. The summed E-state index contributed by atoms with van der Waals surface area (Å²) in [5.41, 5.74) is 2.60. The van der Waals surface area contributed by atoms with Crippen LogP contribution in [0.3, 0.4) is 0 Å². The van der Waals surface area contributed by atoms with Crippen LogP contribution in [0.25, 0.3) is 0 Å². The lowest BCUT2D eigenvalue weighted by Crippen LogP contribution is -1.95. The van der Waals surface area contributed by atoms with Gasteiger partial charge in [-0.1, -0.05) is 0 Å². The molecule has 0 spiro atoms. The van der Waals surface area contributed by atoms with Crippen LogP contribution in [-0.2, 0) is 20.5 Å². The molecule has 0 fully saturated rings. The first kappa shape index (κ1) is 11.1. The molecule has 0 aliphatic heterocycles. The first-order valence-corrected chi connectivity index (χ1v) is 5.79. The molecule has 16 heavy (non-hydrogen) atoms. The molecule has 82 valence electrons. The zero-order chi connectivity index (χ0) is 11.7. The largest absolute Gasteiger partial charge is 0.274 e. The number of nitrogens with zero attached hydrogens (tertiary/aromatic N) is 5. The number of hydrogen-bond donors (Lipinski definition) is 0. The average molecular weight is 327 g/mol. The van der Waals surface area contributed by atoms with Gasteiger partial charge in [0, 0.05) is 32.3 Å². The number of halogens is 1. The molecule has 2 heterocycles. The molecule has 0 atom stereocenters. The van der Waals surface area contributed by atoms with Gasteiger partial charge in [-0.25, -0.2) is 0 Å². The monoisotopic (exact) mass is 327 g/mol. The molecule has 5 nitrogen and oxygen atoms in total. The van der Waals surface area contributed by atoms with Gasteiger partial charge in [0.2, 0.25) is 0 Å². The third-order valence-corrected chi connectivity index (χ3v) is 3.18. The van der Waals surface area contributed by atoms with Crippen LogP contribution >= 0.6 is 22.6 Å². The van der Waals surface area contributed by atoms with E-state index in [0.717, 1.165) is 15.0 Å². The van der Waals surface area contributed by atoms with E-state index < -0.39 is 0 Å². The van der Waals surface area contributed by atoms with Crippen LogP contribution < -0.4 is 0 Å². The second-order valence-electron chi connectivity index (χ2n) is 3.55. The van der Waals surface area contributed by atoms with Crippen molar-refractivity contribution in [1.29, 1.82) is 5.26 Å². The highest BCUT2D eigenvalue weighted by atomic mass is 127. The van der Waals surface area contributed by atoms with E-state index in [4.69, 9.17) is 5.26 Å². The van der Waals surface area contributed by atoms with Gasteiger partial charge < -0.3 is 0 Å². The summed E-state index contributed by atoms with van der Waals surface area (Å²) in [6.45, 7) is 0. The van der Waals surface area contributed by atoms with Gasteiger partial charge in [-0.3, -0.25) is 9.36 Å². The third kappa shape index (κ3) is 2.09. The predicted octanol–water partition coefficient (Wildman–Crippen LogP) is 1.22. The standard InChI is InChI=1S/C10H10IN5/c1-15-6-7(10(11)14-15)3-8-4-9(5-12)16(2)13-8/h4,6H,3H2,1-2H3. The Morgan fingerprint density at radius 3 is 2.69 bits per heavy atom. The Labute approximate surface area is 107 Å². The van der Waals surface area contributed by atoms with Gasteiger partial charge in [-0.05, 0) is 28.7 Å². The van der Waals surface area contributed by atoms with Crippen molar-refractivity contribution in [2.24, 2.45) is 14.1 Å². The highest BCUT2D eigenvalue weighted by Crippen LogP contribution is 2.14. The van der Waals surface area contributed by atoms with Crippen LogP contribution in [0.15, 0.2) is 12.3 Å². The lowest BCUT2D eigenvalue weighted by Gasteiger charge is -1.92. The summed E-state index contributed by atoms with van der Waals surface area (Å²) < 4.78 is 4.35. The van der Waals surface area contributed by atoms with E-state index in [0.29, 0.717) is 12.1 Å². The van der Waals surface area contributed by atoms with Crippen molar-refractivity contribution < 1.29 is 0 Å². The highest BCUT2D eigenvalue weighted by molar-refractivity contribution is 14.1. The highest BCUT2D eigenvalue weighted by Gasteiger charge is 2.09. The van der Waals surface area contributed by atoms with E-state index in [-0.39, 0.29) is 0 Å². The van der Waals surface area contributed by atoms with Gasteiger partial charge in [0.1, 0.15) is 15.5 Å². The molecule has 2 aromatic heterocycles. The van der Waals surface area contributed by atoms with Gasteiger partial charge in [0.25, 0.3) is 0 Å². The minimum atomic E-state index is 0.578. The molecule has 0 aliphatic carbocycles. The second-order valence-corrected chi connectivity index (χ2v) is 4.57. The summed E-state index contributed by atoms with van der Waals surface area (Å²) in [5, 5.41) is 17.4. The molecule has 0 unspecified atom stereocenters. The Morgan fingerprint density at radius 2 is 2.19 bits per heavy atom. The molecule has 0 radical (unpaired) electrons. The molecule has 0 aromatic carbocycles. The Kier molecular flexibility index (Phi) is 2.96. The summed E-state index contributed by atoms with van der Waals surface area (Å²) in [5.74, 6) is 0. The van der Waals surface area contributed by atoms with Crippen molar-refractivity contribution in [2.75, 3.05) is 0 Å². The zero-order valence-corrected chi connectivity index (χ0v) is 11.1. The molecule has 2 aromatic rings. The molecular formula is C10H10IN5. The summed E-state index contributed by atoms with van der Waals surface area (Å²) in [7, 11) is 3.67. The second kappa shape index (κ2) is 4.25. The Hall–Kier alpha value is -1.36. The van der Waals surface area contributed by atoms with Crippen LogP contribution in [-0.4, -0.2) is 19.6 Å². The third-order valence-electron chi connectivity index (χ3n) is 2.27. The molecule has 0 bridgehead atoms. The summed E-state index contributed by atoms with van der Waals surface area (Å²) in [4.78, 5) is 0. The number of aromatic nitrogens is 4. The van der Waals surface area contributed by atoms with Gasteiger partial charge in [0.15, 0.2) is 0 Å². The number of rotatable bonds is 2. The average Bonchev–Trinajstić information content (AvgIpc) is 2.71. The fourth-order valence-corrected chi connectivity index (χ4v) is 2.21. The van der Waals surface area contributed by atoms with Crippen LogP contribution in [0.5, 0.6) is 0 Å². The number of nitriles is 1. The number of aryl methyl sites for hydroxylation is 2. The molecule has 2 rings (SSSR count). The quantitative estimate of drug-likeness (QED) is 0.780. The normalized spacial score (nSPS) is 10.4. The minimum absolute atomic E-state index is 0.578. The fourth-order valence-electron chi connectivity index (χ4n) is 1.54.